The molecule has 5 heteroatoms. The highest BCUT2D eigenvalue weighted by molar-refractivity contribution is 9.10. The van der Waals surface area contributed by atoms with Crippen molar-refractivity contribution < 1.29 is 4.74 Å². The molecule has 0 atom stereocenters. The second-order valence-electron chi connectivity index (χ2n) is 3.69. The molecule has 0 aliphatic rings. The maximum atomic E-state index is 7.56. The maximum absolute atomic E-state index is 7.56. The quantitative estimate of drug-likeness (QED) is 0.481. The van der Waals surface area contributed by atoms with Crippen LogP contribution in [-0.4, -0.2) is 32.6 Å². The molecule has 0 saturated heterocycles. The van der Waals surface area contributed by atoms with E-state index in [-0.39, 0.29) is 5.84 Å². The zero-order valence-electron chi connectivity index (χ0n) is 10.2. The highest BCUT2D eigenvalue weighted by Crippen LogP contribution is 2.23. The topological polar surface area (TPSA) is 62.3 Å². The van der Waals surface area contributed by atoms with Crippen LogP contribution in [0.25, 0.3) is 0 Å². The number of likely N-dealkylation sites (N-methyl/N-ethyl adjacent to an activating group) is 1. The van der Waals surface area contributed by atoms with Gasteiger partial charge in [-0.3, -0.25) is 5.41 Å². The van der Waals surface area contributed by atoms with E-state index in [2.05, 4.69) is 15.9 Å². The van der Waals surface area contributed by atoms with Gasteiger partial charge in [0.2, 0.25) is 0 Å². The van der Waals surface area contributed by atoms with Gasteiger partial charge in [-0.05, 0) is 25.1 Å². The van der Waals surface area contributed by atoms with E-state index in [1.807, 2.05) is 37.1 Å². The zero-order valence-corrected chi connectivity index (χ0v) is 11.8. The van der Waals surface area contributed by atoms with Crippen molar-refractivity contribution in [3.8, 4) is 0 Å². The van der Waals surface area contributed by atoms with Crippen molar-refractivity contribution in [3.05, 3.63) is 28.2 Å². The number of nitrogens with zero attached hydrogens (tertiary/aromatic N) is 1. The molecule has 17 heavy (non-hydrogen) atoms. The largest absolute Gasteiger partial charge is 0.384 e. The normalized spacial score (nSPS) is 10.3. The number of ether oxygens (including phenoxy) is 1. The Labute approximate surface area is 110 Å². The van der Waals surface area contributed by atoms with Crippen molar-refractivity contribution >= 4 is 27.5 Å². The van der Waals surface area contributed by atoms with Crippen molar-refractivity contribution in [1.82, 2.24) is 0 Å². The number of anilines is 1. The molecule has 0 aliphatic heterocycles. The number of hydrogen-bond acceptors (Lipinski definition) is 3. The van der Waals surface area contributed by atoms with E-state index in [4.69, 9.17) is 15.9 Å². The van der Waals surface area contributed by atoms with Gasteiger partial charge >= 0.3 is 0 Å². The third-order valence-corrected chi connectivity index (χ3v) is 2.93. The predicted molar refractivity (Wildman–Crippen MR) is 74.9 cm³/mol. The SMILES string of the molecule is CCOCCN(C)c1cc(Br)ccc1C(=N)N. The average Bonchev–Trinajstić information content (AvgIpc) is 2.28. The van der Waals surface area contributed by atoms with Gasteiger partial charge < -0.3 is 15.4 Å². The van der Waals surface area contributed by atoms with Gasteiger partial charge in [0, 0.05) is 35.9 Å². The Morgan fingerprint density at radius 2 is 2.24 bits per heavy atom. The third-order valence-electron chi connectivity index (χ3n) is 2.44. The highest BCUT2D eigenvalue weighted by atomic mass is 79.9. The molecule has 0 aromatic heterocycles. The van der Waals surface area contributed by atoms with Gasteiger partial charge in [0.15, 0.2) is 0 Å². The Morgan fingerprint density at radius 3 is 2.82 bits per heavy atom. The van der Waals surface area contributed by atoms with E-state index in [9.17, 15) is 0 Å². The lowest BCUT2D eigenvalue weighted by atomic mass is 10.1. The van der Waals surface area contributed by atoms with Crippen LogP contribution >= 0.6 is 15.9 Å². The minimum absolute atomic E-state index is 0.0794. The molecule has 1 aromatic rings. The van der Waals surface area contributed by atoms with E-state index < -0.39 is 0 Å². The van der Waals surface area contributed by atoms with Crippen molar-refractivity contribution in [2.45, 2.75) is 6.92 Å². The molecule has 0 unspecified atom stereocenters. The second-order valence-corrected chi connectivity index (χ2v) is 4.61. The summed E-state index contributed by atoms with van der Waals surface area (Å²) in [6.07, 6.45) is 0. The molecule has 0 radical (unpaired) electrons. The first kappa shape index (κ1) is 14.0. The summed E-state index contributed by atoms with van der Waals surface area (Å²) in [4.78, 5) is 2.04. The monoisotopic (exact) mass is 299 g/mol. The molecular formula is C12H18BrN3O. The third kappa shape index (κ3) is 4.02. The molecule has 0 amide bonds. The van der Waals surface area contributed by atoms with E-state index in [1.165, 1.54) is 0 Å². The summed E-state index contributed by atoms with van der Waals surface area (Å²) in [5.41, 5.74) is 7.25. The number of nitrogens with two attached hydrogens (primary N) is 1. The van der Waals surface area contributed by atoms with Crippen LogP contribution in [0.4, 0.5) is 5.69 Å². The number of benzene rings is 1. The van der Waals surface area contributed by atoms with Crippen molar-refractivity contribution in [3.63, 3.8) is 0 Å². The molecule has 0 spiro atoms. The molecule has 94 valence electrons. The molecular weight excluding hydrogens is 282 g/mol. The van der Waals surface area contributed by atoms with Crippen LogP contribution in [0, 0.1) is 5.41 Å². The number of nitrogens with one attached hydrogen (secondary N) is 1. The summed E-state index contributed by atoms with van der Waals surface area (Å²) >= 11 is 3.43. The van der Waals surface area contributed by atoms with Crippen molar-refractivity contribution in [2.75, 3.05) is 31.7 Å². The zero-order chi connectivity index (χ0) is 12.8. The Hall–Kier alpha value is -1.07. The van der Waals surface area contributed by atoms with Crippen LogP contribution in [0.2, 0.25) is 0 Å². The van der Waals surface area contributed by atoms with Gasteiger partial charge in [0.05, 0.1) is 6.61 Å². The lowest BCUT2D eigenvalue weighted by molar-refractivity contribution is 0.154. The van der Waals surface area contributed by atoms with Gasteiger partial charge in [-0.25, -0.2) is 0 Å². The lowest BCUT2D eigenvalue weighted by Gasteiger charge is -2.22. The first-order chi connectivity index (χ1) is 8.06. The number of hydrogen-bond donors (Lipinski definition) is 2. The van der Waals surface area contributed by atoms with Gasteiger partial charge in [0.1, 0.15) is 5.84 Å². The first-order valence-electron chi connectivity index (χ1n) is 5.49. The Morgan fingerprint density at radius 1 is 1.53 bits per heavy atom. The summed E-state index contributed by atoms with van der Waals surface area (Å²) in [5.74, 6) is 0.0794. The molecule has 0 aliphatic carbocycles. The molecule has 0 fully saturated rings. The molecule has 4 nitrogen and oxygen atoms in total. The fourth-order valence-electron chi connectivity index (χ4n) is 1.51. The number of rotatable bonds is 6. The van der Waals surface area contributed by atoms with Crippen LogP contribution in [0.15, 0.2) is 22.7 Å². The van der Waals surface area contributed by atoms with Gasteiger partial charge in [-0.1, -0.05) is 15.9 Å². The second kappa shape index (κ2) is 6.61. The highest BCUT2D eigenvalue weighted by Gasteiger charge is 2.10. The lowest BCUT2D eigenvalue weighted by Crippen LogP contribution is -2.26. The molecule has 3 N–H and O–H groups in total. The summed E-state index contributed by atoms with van der Waals surface area (Å²) in [6.45, 7) is 4.12. The first-order valence-corrected chi connectivity index (χ1v) is 6.28. The standard InChI is InChI=1S/C12H18BrN3O/c1-3-17-7-6-16(2)11-8-9(13)4-5-10(11)12(14)15/h4-5,8H,3,6-7H2,1-2H3,(H3,14,15). The minimum Gasteiger partial charge on any atom is -0.384 e. The van der Waals surface area contributed by atoms with Gasteiger partial charge in [-0.2, -0.15) is 0 Å². The Kier molecular flexibility index (Phi) is 5.44. The van der Waals surface area contributed by atoms with Crippen LogP contribution < -0.4 is 10.6 Å². The minimum atomic E-state index is 0.0794. The van der Waals surface area contributed by atoms with Crippen molar-refractivity contribution in [1.29, 1.82) is 5.41 Å². The fraction of sp³-hybridized carbons (Fsp3) is 0.417. The predicted octanol–water partition coefficient (Wildman–Crippen LogP) is 2.21. The maximum Gasteiger partial charge on any atom is 0.124 e. The van der Waals surface area contributed by atoms with E-state index in [0.29, 0.717) is 13.2 Å². The molecule has 1 rings (SSSR count). The summed E-state index contributed by atoms with van der Waals surface area (Å²) in [6, 6.07) is 5.69. The smallest absolute Gasteiger partial charge is 0.124 e. The molecule has 0 bridgehead atoms. The average molecular weight is 300 g/mol. The van der Waals surface area contributed by atoms with Crippen LogP contribution in [-0.2, 0) is 4.74 Å². The number of nitrogen functional groups attached to an aromatic ring is 1. The van der Waals surface area contributed by atoms with Gasteiger partial charge in [-0.15, -0.1) is 0 Å². The fourth-order valence-corrected chi connectivity index (χ4v) is 1.86. The van der Waals surface area contributed by atoms with E-state index in [1.54, 1.807) is 0 Å². The summed E-state index contributed by atoms with van der Waals surface area (Å²) < 4.78 is 6.29. The Bertz CT molecular complexity index is 395. The van der Waals surface area contributed by atoms with Crippen LogP contribution in [0.3, 0.4) is 0 Å². The van der Waals surface area contributed by atoms with Crippen LogP contribution in [0.5, 0.6) is 0 Å². The van der Waals surface area contributed by atoms with Crippen molar-refractivity contribution in [2.24, 2.45) is 5.73 Å². The number of halogens is 1. The van der Waals surface area contributed by atoms with Gasteiger partial charge in [0.25, 0.3) is 0 Å². The Balaban J connectivity index is 2.86. The molecule has 0 saturated carbocycles. The molecule has 1 aromatic carbocycles. The van der Waals surface area contributed by atoms with E-state index >= 15 is 0 Å². The number of amidine groups is 1. The van der Waals surface area contributed by atoms with E-state index in [0.717, 1.165) is 22.3 Å². The summed E-state index contributed by atoms with van der Waals surface area (Å²) in [5, 5.41) is 7.56. The summed E-state index contributed by atoms with van der Waals surface area (Å²) in [7, 11) is 1.97. The van der Waals surface area contributed by atoms with Crippen LogP contribution in [0.1, 0.15) is 12.5 Å². The molecule has 0 heterocycles.